The van der Waals surface area contributed by atoms with Crippen LogP contribution in [0.1, 0.15) is 84.5 Å². The van der Waals surface area contributed by atoms with E-state index in [1.807, 2.05) is 24.3 Å². The van der Waals surface area contributed by atoms with Gasteiger partial charge in [-0.25, -0.2) is 9.69 Å². The van der Waals surface area contributed by atoms with Gasteiger partial charge in [0.05, 0.1) is 23.1 Å². The molecule has 5 atom stereocenters. The lowest BCUT2D eigenvalue weighted by Gasteiger charge is -2.45. The maximum absolute atomic E-state index is 14.1. The van der Waals surface area contributed by atoms with Crippen LogP contribution >= 0.6 is 0 Å². The Morgan fingerprint density at radius 3 is 1.88 bits per heavy atom. The molecule has 2 bridgehead atoms. The van der Waals surface area contributed by atoms with Crippen LogP contribution in [0.5, 0.6) is 0 Å². The van der Waals surface area contributed by atoms with E-state index in [2.05, 4.69) is 45.0 Å². The molecule has 2 amide bonds. The van der Waals surface area contributed by atoms with Crippen molar-refractivity contribution >= 4 is 23.5 Å². The monoisotopic (exact) mass is 533 g/mol. The molecular weight excluding hydrogens is 498 g/mol. The third kappa shape index (κ3) is 3.70. The Hall–Kier alpha value is -3.73. The zero-order chi connectivity index (χ0) is 27.7. The first-order valence-electron chi connectivity index (χ1n) is 14.7. The van der Waals surface area contributed by atoms with Crippen LogP contribution in [0.4, 0.5) is 5.69 Å². The number of benzene rings is 3. The molecule has 1 saturated carbocycles. The van der Waals surface area contributed by atoms with Crippen LogP contribution in [-0.4, -0.2) is 23.9 Å². The van der Waals surface area contributed by atoms with Gasteiger partial charge in [-0.05, 0) is 71.0 Å². The molecule has 40 heavy (non-hydrogen) atoms. The van der Waals surface area contributed by atoms with E-state index in [1.54, 1.807) is 24.3 Å². The number of imide groups is 1. The zero-order valence-electron chi connectivity index (χ0n) is 23.2. The Labute approximate surface area is 235 Å². The van der Waals surface area contributed by atoms with E-state index in [1.165, 1.54) is 4.90 Å². The Morgan fingerprint density at radius 1 is 0.800 bits per heavy atom. The summed E-state index contributed by atoms with van der Waals surface area (Å²) in [7, 11) is 0. The highest BCUT2D eigenvalue weighted by Crippen LogP contribution is 2.61. The molecule has 0 aromatic heterocycles. The second kappa shape index (κ2) is 9.43. The van der Waals surface area contributed by atoms with E-state index in [9.17, 15) is 14.4 Å². The molecule has 204 valence electrons. The molecular formula is C35H35NO4. The second-order valence-corrected chi connectivity index (χ2v) is 12.6. The van der Waals surface area contributed by atoms with E-state index in [0.29, 0.717) is 29.0 Å². The van der Waals surface area contributed by atoms with Crippen molar-refractivity contribution in [2.24, 2.45) is 29.6 Å². The fourth-order valence-corrected chi connectivity index (χ4v) is 8.16. The number of anilines is 1. The van der Waals surface area contributed by atoms with E-state index >= 15 is 0 Å². The van der Waals surface area contributed by atoms with Gasteiger partial charge >= 0.3 is 5.97 Å². The molecule has 4 aliphatic carbocycles. The van der Waals surface area contributed by atoms with Crippen LogP contribution in [0.25, 0.3) is 0 Å². The number of nitrogens with zero attached hydrogens (tertiary/aromatic N) is 1. The fourth-order valence-electron chi connectivity index (χ4n) is 8.16. The molecule has 2 fully saturated rings. The van der Waals surface area contributed by atoms with Crippen LogP contribution in [0.2, 0.25) is 0 Å². The van der Waals surface area contributed by atoms with Gasteiger partial charge in [0.25, 0.3) is 0 Å². The largest absolute Gasteiger partial charge is 0.458 e. The minimum absolute atomic E-state index is 0.120. The number of amides is 2. The molecule has 0 radical (unpaired) electrons. The SMILES string of the molecule is CC(C)[C@H]1CC[C@@H](C)C[C@@H]1OC(=O)c1cccc(N2C(=O)[C@@H]3C4c5ccccc5C(c5ccccc54)[C@@H]3C2=O)c1. The first-order chi connectivity index (χ1) is 19.3. The van der Waals surface area contributed by atoms with Gasteiger partial charge in [-0.2, -0.15) is 0 Å². The summed E-state index contributed by atoms with van der Waals surface area (Å²) in [5, 5.41) is 0. The highest BCUT2D eigenvalue weighted by atomic mass is 16.5. The molecule has 5 aliphatic rings. The zero-order valence-corrected chi connectivity index (χ0v) is 23.2. The third-order valence-corrected chi connectivity index (χ3v) is 10.0. The fraction of sp³-hybridized carbons (Fsp3) is 0.400. The molecule has 1 heterocycles. The predicted molar refractivity (Wildman–Crippen MR) is 153 cm³/mol. The predicted octanol–water partition coefficient (Wildman–Crippen LogP) is 6.70. The number of rotatable bonds is 4. The molecule has 0 N–H and O–H groups in total. The highest BCUT2D eigenvalue weighted by molar-refractivity contribution is 6.23. The van der Waals surface area contributed by atoms with Gasteiger partial charge in [-0.15, -0.1) is 0 Å². The molecule has 0 unspecified atom stereocenters. The Balaban J connectivity index is 1.21. The van der Waals surface area contributed by atoms with Crippen molar-refractivity contribution in [1.82, 2.24) is 0 Å². The molecule has 5 nitrogen and oxygen atoms in total. The summed E-state index contributed by atoms with van der Waals surface area (Å²) in [4.78, 5) is 42.9. The van der Waals surface area contributed by atoms with Crippen molar-refractivity contribution < 1.29 is 19.1 Å². The van der Waals surface area contributed by atoms with Gasteiger partial charge in [-0.3, -0.25) is 9.59 Å². The number of ether oxygens (including phenoxy) is 1. The van der Waals surface area contributed by atoms with Crippen LogP contribution in [0.3, 0.4) is 0 Å². The van der Waals surface area contributed by atoms with Gasteiger partial charge in [0.1, 0.15) is 6.10 Å². The van der Waals surface area contributed by atoms with Crippen LogP contribution in [-0.2, 0) is 14.3 Å². The molecule has 5 heteroatoms. The van der Waals surface area contributed by atoms with Crippen LogP contribution in [0.15, 0.2) is 72.8 Å². The van der Waals surface area contributed by atoms with E-state index in [0.717, 1.165) is 41.5 Å². The van der Waals surface area contributed by atoms with Crippen molar-refractivity contribution in [3.05, 3.63) is 101 Å². The Bertz CT molecular complexity index is 1410. The summed E-state index contributed by atoms with van der Waals surface area (Å²) in [6, 6.07) is 23.4. The summed E-state index contributed by atoms with van der Waals surface area (Å²) in [5.41, 5.74) is 5.42. The number of carbonyl (C=O) groups is 3. The number of carbonyl (C=O) groups excluding carboxylic acids is 3. The highest BCUT2D eigenvalue weighted by Gasteiger charge is 2.61. The summed E-state index contributed by atoms with van der Waals surface area (Å²) in [6.45, 7) is 6.59. The molecule has 3 aromatic carbocycles. The standard InChI is InChI=1S/C35H35NO4/c1-19(2)23-16-15-20(3)17-28(23)40-35(39)21-9-8-10-22(18-21)36-33(37)31-29-24-11-4-5-12-25(24)30(32(31)34(36)38)27-14-7-6-13-26(27)29/h4-14,18-20,23,28-32H,15-17H2,1-3H3/t20-,23-,28+,29?,30?,31-,32+/m1/s1. The quantitative estimate of drug-likeness (QED) is 0.277. The summed E-state index contributed by atoms with van der Waals surface area (Å²) in [6.07, 6.45) is 2.96. The minimum atomic E-state index is -0.451. The molecule has 1 aliphatic heterocycles. The normalized spacial score (nSPS) is 30.2. The first-order valence-corrected chi connectivity index (χ1v) is 14.7. The van der Waals surface area contributed by atoms with Gasteiger partial charge in [0.15, 0.2) is 0 Å². The van der Waals surface area contributed by atoms with Crippen molar-refractivity contribution in [3.63, 3.8) is 0 Å². The van der Waals surface area contributed by atoms with Gasteiger partial charge in [0, 0.05) is 11.8 Å². The van der Waals surface area contributed by atoms with Crippen molar-refractivity contribution in [2.75, 3.05) is 4.90 Å². The van der Waals surface area contributed by atoms with Gasteiger partial charge in [0.2, 0.25) is 11.8 Å². The number of hydrogen-bond donors (Lipinski definition) is 0. The first kappa shape index (κ1) is 25.3. The number of esters is 1. The lowest BCUT2D eigenvalue weighted by molar-refractivity contribution is -0.122. The summed E-state index contributed by atoms with van der Waals surface area (Å²) < 4.78 is 6.09. The lowest BCUT2D eigenvalue weighted by atomic mass is 9.55. The van der Waals surface area contributed by atoms with E-state index in [4.69, 9.17) is 4.74 Å². The van der Waals surface area contributed by atoms with E-state index < -0.39 is 11.8 Å². The van der Waals surface area contributed by atoms with Gasteiger partial charge in [-0.1, -0.05) is 81.8 Å². The van der Waals surface area contributed by atoms with E-state index in [-0.39, 0.29) is 35.7 Å². The number of hydrogen-bond acceptors (Lipinski definition) is 4. The second-order valence-electron chi connectivity index (χ2n) is 12.6. The smallest absolute Gasteiger partial charge is 0.338 e. The maximum atomic E-state index is 14.1. The van der Waals surface area contributed by atoms with Crippen molar-refractivity contribution in [2.45, 2.75) is 58.0 Å². The molecule has 1 saturated heterocycles. The van der Waals surface area contributed by atoms with Crippen molar-refractivity contribution in [1.29, 1.82) is 0 Å². The van der Waals surface area contributed by atoms with Crippen LogP contribution < -0.4 is 4.90 Å². The Kier molecular flexibility index (Phi) is 5.95. The third-order valence-electron chi connectivity index (χ3n) is 10.0. The topological polar surface area (TPSA) is 63.7 Å². The summed E-state index contributed by atoms with van der Waals surface area (Å²) in [5.74, 6) is -0.663. The Morgan fingerprint density at radius 2 is 1.35 bits per heavy atom. The minimum Gasteiger partial charge on any atom is -0.458 e. The van der Waals surface area contributed by atoms with Crippen molar-refractivity contribution in [3.8, 4) is 0 Å². The van der Waals surface area contributed by atoms with Gasteiger partial charge < -0.3 is 4.74 Å². The van der Waals surface area contributed by atoms with Crippen LogP contribution in [0, 0.1) is 29.6 Å². The summed E-state index contributed by atoms with van der Waals surface area (Å²) >= 11 is 0. The average molecular weight is 534 g/mol. The molecule has 3 aromatic rings. The lowest BCUT2D eigenvalue weighted by Crippen LogP contribution is -2.41. The average Bonchev–Trinajstić information content (AvgIpc) is 3.23. The molecule has 8 rings (SSSR count). The molecule has 0 spiro atoms. The maximum Gasteiger partial charge on any atom is 0.338 e.